The Kier molecular flexibility index (Phi) is 6.55. The summed E-state index contributed by atoms with van der Waals surface area (Å²) in [4.78, 5) is 16.1. The van der Waals surface area contributed by atoms with Gasteiger partial charge in [-0.15, -0.1) is 21.5 Å². The van der Waals surface area contributed by atoms with Crippen molar-refractivity contribution in [3.63, 3.8) is 0 Å². The molecule has 34 heavy (non-hydrogen) atoms. The van der Waals surface area contributed by atoms with Gasteiger partial charge in [-0.05, 0) is 53.3 Å². The molecule has 0 unspecified atom stereocenters. The van der Waals surface area contributed by atoms with E-state index in [2.05, 4.69) is 10.2 Å². The number of thioether (sulfide) groups is 1. The molecule has 0 N–H and O–H groups in total. The molecule has 174 valence electrons. The number of amides is 1. The number of fused-ring (bicyclic) bond motifs is 1. The van der Waals surface area contributed by atoms with Crippen molar-refractivity contribution < 1.29 is 14.3 Å². The molecular formula is C25H24N4O3S2. The summed E-state index contributed by atoms with van der Waals surface area (Å²) in [7, 11) is 3.26. The van der Waals surface area contributed by atoms with Crippen LogP contribution in [-0.2, 0) is 17.8 Å². The average molecular weight is 493 g/mol. The van der Waals surface area contributed by atoms with Gasteiger partial charge in [0.15, 0.2) is 22.5 Å². The van der Waals surface area contributed by atoms with Crippen molar-refractivity contribution in [2.24, 2.45) is 0 Å². The third-order valence-electron chi connectivity index (χ3n) is 5.78. The molecule has 0 aliphatic carbocycles. The second-order valence-corrected chi connectivity index (χ2v) is 9.67. The van der Waals surface area contributed by atoms with Crippen molar-refractivity contribution in [1.82, 2.24) is 19.7 Å². The number of benzene rings is 2. The number of carbonyl (C=O) groups is 1. The fraction of sp³-hybridized carbons (Fsp3) is 0.240. The van der Waals surface area contributed by atoms with Crippen molar-refractivity contribution in [3.05, 3.63) is 71.1 Å². The van der Waals surface area contributed by atoms with Gasteiger partial charge >= 0.3 is 0 Å². The lowest BCUT2D eigenvalue weighted by Crippen LogP contribution is -2.37. The van der Waals surface area contributed by atoms with Crippen molar-refractivity contribution in [2.75, 3.05) is 26.5 Å². The molecule has 0 saturated heterocycles. The maximum absolute atomic E-state index is 13.1. The molecule has 0 spiro atoms. The fourth-order valence-electron chi connectivity index (χ4n) is 4.05. The van der Waals surface area contributed by atoms with E-state index in [0.717, 1.165) is 34.1 Å². The van der Waals surface area contributed by atoms with Crippen molar-refractivity contribution in [3.8, 4) is 27.9 Å². The molecule has 1 aliphatic rings. The summed E-state index contributed by atoms with van der Waals surface area (Å²) >= 11 is 3.03. The van der Waals surface area contributed by atoms with Gasteiger partial charge in [0.1, 0.15) is 0 Å². The van der Waals surface area contributed by atoms with Crippen molar-refractivity contribution in [2.45, 2.75) is 18.1 Å². The minimum Gasteiger partial charge on any atom is -0.493 e. The van der Waals surface area contributed by atoms with E-state index < -0.39 is 0 Å². The molecule has 4 aromatic rings. The summed E-state index contributed by atoms with van der Waals surface area (Å²) in [5.41, 5.74) is 3.26. The summed E-state index contributed by atoms with van der Waals surface area (Å²) in [5, 5.41) is 11.6. The molecule has 2 aromatic carbocycles. The molecule has 7 nitrogen and oxygen atoms in total. The number of hydrogen-bond acceptors (Lipinski definition) is 7. The van der Waals surface area contributed by atoms with Crippen LogP contribution in [0.4, 0.5) is 0 Å². The van der Waals surface area contributed by atoms with Gasteiger partial charge in [-0.3, -0.25) is 9.36 Å². The van der Waals surface area contributed by atoms with Crippen LogP contribution in [0.5, 0.6) is 11.5 Å². The Bertz CT molecular complexity index is 1290. The van der Waals surface area contributed by atoms with E-state index in [1.807, 2.05) is 69.4 Å². The van der Waals surface area contributed by atoms with Crippen LogP contribution in [-0.4, -0.2) is 52.1 Å². The van der Waals surface area contributed by atoms with Crippen LogP contribution in [0.1, 0.15) is 11.1 Å². The highest BCUT2D eigenvalue weighted by atomic mass is 32.2. The van der Waals surface area contributed by atoms with Crippen LogP contribution < -0.4 is 9.47 Å². The molecule has 0 fully saturated rings. The second kappa shape index (κ2) is 9.90. The Morgan fingerprint density at radius 2 is 1.79 bits per heavy atom. The first-order chi connectivity index (χ1) is 16.7. The Morgan fingerprint density at radius 1 is 1.03 bits per heavy atom. The van der Waals surface area contributed by atoms with Crippen LogP contribution in [0.3, 0.4) is 0 Å². The third kappa shape index (κ3) is 4.41. The lowest BCUT2D eigenvalue weighted by Gasteiger charge is -2.29. The summed E-state index contributed by atoms with van der Waals surface area (Å²) in [6, 6.07) is 18.0. The number of ether oxygens (including phenoxy) is 2. The lowest BCUT2D eigenvalue weighted by molar-refractivity contribution is -0.129. The largest absolute Gasteiger partial charge is 0.493 e. The molecule has 0 atom stereocenters. The third-order valence-corrected chi connectivity index (χ3v) is 7.56. The van der Waals surface area contributed by atoms with E-state index in [4.69, 9.17) is 9.47 Å². The number of thiophene rings is 1. The van der Waals surface area contributed by atoms with E-state index >= 15 is 0 Å². The number of para-hydroxylation sites is 1. The monoisotopic (exact) mass is 492 g/mol. The summed E-state index contributed by atoms with van der Waals surface area (Å²) < 4.78 is 12.9. The van der Waals surface area contributed by atoms with E-state index in [0.29, 0.717) is 24.0 Å². The molecule has 0 bridgehead atoms. The topological polar surface area (TPSA) is 69.5 Å². The maximum atomic E-state index is 13.1. The summed E-state index contributed by atoms with van der Waals surface area (Å²) in [5.74, 6) is 2.55. The first kappa shape index (κ1) is 22.5. The summed E-state index contributed by atoms with van der Waals surface area (Å²) in [6.45, 7) is 1.23. The van der Waals surface area contributed by atoms with Gasteiger partial charge in [0.2, 0.25) is 5.91 Å². The van der Waals surface area contributed by atoms with Crippen LogP contribution >= 0.6 is 23.1 Å². The van der Waals surface area contributed by atoms with Gasteiger partial charge in [0.05, 0.1) is 24.8 Å². The molecule has 9 heteroatoms. The minimum absolute atomic E-state index is 0.0747. The standard InChI is InChI=1S/C25H24N4O3S2/c1-31-20-13-17-10-11-28(15-18(17)14-21(20)32-2)23(30)16-34-25-27-26-24(22-9-6-12-33-22)29(25)19-7-4-3-5-8-19/h3-9,12-14H,10-11,15-16H2,1-2H3. The Balaban J connectivity index is 1.34. The van der Waals surface area contributed by atoms with Gasteiger partial charge in [0.25, 0.3) is 0 Å². The number of aromatic nitrogens is 3. The fourth-order valence-corrected chi connectivity index (χ4v) is 5.61. The van der Waals surface area contributed by atoms with E-state index in [-0.39, 0.29) is 11.7 Å². The Hall–Kier alpha value is -3.30. The van der Waals surface area contributed by atoms with Crippen molar-refractivity contribution in [1.29, 1.82) is 0 Å². The number of methoxy groups -OCH3 is 2. The first-order valence-corrected chi connectivity index (χ1v) is 12.7. The zero-order valence-electron chi connectivity index (χ0n) is 18.9. The van der Waals surface area contributed by atoms with E-state index in [1.165, 1.54) is 17.3 Å². The van der Waals surface area contributed by atoms with Crippen LogP contribution in [0.15, 0.2) is 65.1 Å². The number of hydrogen-bond donors (Lipinski definition) is 0. The zero-order chi connectivity index (χ0) is 23.5. The second-order valence-electron chi connectivity index (χ2n) is 7.78. The molecule has 1 amide bonds. The Labute approximate surface area is 206 Å². The van der Waals surface area contributed by atoms with Gasteiger partial charge in [-0.1, -0.05) is 36.0 Å². The predicted molar refractivity (Wildman–Crippen MR) is 134 cm³/mol. The van der Waals surface area contributed by atoms with Gasteiger partial charge < -0.3 is 14.4 Å². The highest BCUT2D eigenvalue weighted by Crippen LogP contribution is 2.34. The quantitative estimate of drug-likeness (QED) is 0.349. The van der Waals surface area contributed by atoms with Gasteiger partial charge in [-0.2, -0.15) is 0 Å². The summed E-state index contributed by atoms with van der Waals surface area (Å²) in [6.07, 6.45) is 0.787. The molecular weight excluding hydrogens is 468 g/mol. The van der Waals surface area contributed by atoms with Gasteiger partial charge in [-0.25, -0.2) is 0 Å². The lowest BCUT2D eigenvalue weighted by atomic mass is 9.99. The maximum Gasteiger partial charge on any atom is 0.233 e. The smallest absolute Gasteiger partial charge is 0.233 e. The molecule has 5 rings (SSSR count). The minimum atomic E-state index is 0.0747. The SMILES string of the molecule is COc1cc2c(cc1OC)CN(C(=O)CSc1nnc(-c3cccs3)n1-c1ccccc1)CC2. The molecule has 0 saturated carbocycles. The zero-order valence-corrected chi connectivity index (χ0v) is 20.6. The normalized spacial score (nSPS) is 12.9. The van der Waals surface area contributed by atoms with Crippen LogP contribution in [0, 0.1) is 0 Å². The molecule has 1 aliphatic heterocycles. The Morgan fingerprint density at radius 3 is 2.50 bits per heavy atom. The van der Waals surface area contributed by atoms with Crippen molar-refractivity contribution >= 4 is 29.0 Å². The highest BCUT2D eigenvalue weighted by molar-refractivity contribution is 7.99. The number of nitrogens with zero attached hydrogens (tertiary/aromatic N) is 4. The number of carbonyl (C=O) groups excluding carboxylic acids is 1. The molecule has 2 aromatic heterocycles. The predicted octanol–water partition coefficient (Wildman–Crippen LogP) is 4.69. The molecule has 3 heterocycles. The average Bonchev–Trinajstić information content (AvgIpc) is 3.56. The van der Waals surface area contributed by atoms with E-state index in [9.17, 15) is 4.79 Å². The highest BCUT2D eigenvalue weighted by Gasteiger charge is 2.24. The number of rotatable bonds is 7. The van der Waals surface area contributed by atoms with Gasteiger partial charge in [0, 0.05) is 18.8 Å². The van der Waals surface area contributed by atoms with E-state index in [1.54, 1.807) is 25.6 Å². The first-order valence-electron chi connectivity index (χ1n) is 10.9. The van der Waals surface area contributed by atoms with Crippen LogP contribution in [0.25, 0.3) is 16.4 Å². The molecule has 0 radical (unpaired) electrons. The van der Waals surface area contributed by atoms with Crippen LogP contribution in [0.2, 0.25) is 0 Å².